The highest BCUT2D eigenvalue weighted by molar-refractivity contribution is 7.99. The summed E-state index contributed by atoms with van der Waals surface area (Å²) >= 11 is 7.71. The number of anilines is 1. The number of hydrogen-bond donors (Lipinski definition) is 2. The number of amides is 1. The van der Waals surface area contributed by atoms with E-state index >= 15 is 0 Å². The monoisotopic (exact) mass is 525 g/mol. The van der Waals surface area contributed by atoms with E-state index in [0.717, 1.165) is 11.1 Å². The molecule has 188 valence electrons. The van der Waals surface area contributed by atoms with Gasteiger partial charge < -0.3 is 10.4 Å². The fourth-order valence-corrected chi connectivity index (χ4v) is 3.99. The van der Waals surface area contributed by atoms with Crippen molar-refractivity contribution in [3.63, 3.8) is 0 Å². The minimum Gasteiger partial charge on any atom is -0.480 e. The predicted octanol–water partition coefficient (Wildman–Crippen LogP) is 5.11. The summed E-state index contributed by atoms with van der Waals surface area (Å²) in [6, 6.07) is 11.1. The molecule has 0 bridgehead atoms. The van der Waals surface area contributed by atoms with Gasteiger partial charge in [-0.05, 0) is 78.1 Å². The van der Waals surface area contributed by atoms with Crippen molar-refractivity contribution in [1.82, 2.24) is 20.2 Å². The van der Waals surface area contributed by atoms with Crippen LogP contribution in [0.15, 0.2) is 41.6 Å². The van der Waals surface area contributed by atoms with Crippen molar-refractivity contribution in [2.75, 3.05) is 11.1 Å². The third kappa shape index (κ3) is 6.65. The third-order valence-electron chi connectivity index (χ3n) is 5.37. The normalized spacial score (nSPS) is 11.5. The van der Waals surface area contributed by atoms with Gasteiger partial charge in [0.1, 0.15) is 5.41 Å². The fourth-order valence-electron chi connectivity index (χ4n) is 3.05. The lowest BCUT2D eigenvalue weighted by Crippen LogP contribution is -2.21. The van der Waals surface area contributed by atoms with Crippen molar-refractivity contribution >= 4 is 40.9 Å². The molecule has 0 saturated carbocycles. The summed E-state index contributed by atoms with van der Waals surface area (Å²) in [5.41, 5.74) is 2.66. The summed E-state index contributed by atoms with van der Waals surface area (Å²) in [4.78, 5) is 23.8. The van der Waals surface area contributed by atoms with Crippen LogP contribution in [0.5, 0.6) is 0 Å². The van der Waals surface area contributed by atoms with Gasteiger partial charge in [0.15, 0.2) is 0 Å². The number of tetrazole rings is 1. The molecular formula is C26H28ClN5O3S. The standard InChI is InChI=1S/C26H28ClN5O3S/c1-16-13-17(11-12-26(5,6)23(34)35)7-9-20(16)28-22(33)15-36-24-29-30-31-32(24)21-10-8-18(14-19(21)27)25(2,3)4/h7-10,13-14H,15H2,1-6H3,(H,28,33)(H,34,35). The van der Waals surface area contributed by atoms with Crippen LogP contribution in [0.4, 0.5) is 5.69 Å². The quantitative estimate of drug-likeness (QED) is 0.339. The number of carbonyl (C=O) groups excluding carboxylic acids is 1. The highest BCUT2D eigenvalue weighted by atomic mass is 35.5. The first kappa shape index (κ1) is 27.2. The zero-order chi connectivity index (χ0) is 26.7. The molecule has 0 aliphatic carbocycles. The first-order chi connectivity index (χ1) is 16.8. The van der Waals surface area contributed by atoms with Crippen molar-refractivity contribution < 1.29 is 14.7 Å². The summed E-state index contributed by atoms with van der Waals surface area (Å²) in [5, 5.41) is 24.9. The fraction of sp³-hybridized carbons (Fsp3) is 0.346. The number of halogens is 1. The number of carboxylic acid groups (broad SMARTS) is 1. The Labute approximate surface area is 219 Å². The van der Waals surface area contributed by atoms with E-state index in [1.54, 1.807) is 32.0 Å². The van der Waals surface area contributed by atoms with E-state index in [1.807, 2.05) is 25.1 Å². The topological polar surface area (TPSA) is 110 Å². The van der Waals surface area contributed by atoms with Gasteiger partial charge in [0, 0.05) is 11.3 Å². The van der Waals surface area contributed by atoms with Crippen molar-refractivity contribution in [1.29, 1.82) is 0 Å². The maximum atomic E-state index is 12.6. The van der Waals surface area contributed by atoms with Crippen molar-refractivity contribution in [3.05, 3.63) is 58.1 Å². The van der Waals surface area contributed by atoms with Crippen LogP contribution in [0.2, 0.25) is 5.02 Å². The van der Waals surface area contributed by atoms with Crippen LogP contribution in [0.25, 0.3) is 5.69 Å². The molecule has 0 spiro atoms. The van der Waals surface area contributed by atoms with Gasteiger partial charge >= 0.3 is 5.97 Å². The van der Waals surface area contributed by atoms with Crippen molar-refractivity contribution in [2.45, 2.75) is 52.1 Å². The third-order valence-corrected chi connectivity index (χ3v) is 6.59. The summed E-state index contributed by atoms with van der Waals surface area (Å²) in [5.74, 6) is 4.53. The molecule has 3 rings (SSSR count). The highest BCUT2D eigenvalue weighted by Crippen LogP contribution is 2.30. The number of aromatic nitrogens is 4. The van der Waals surface area contributed by atoms with Gasteiger partial charge in [-0.25, -0.2) is 0 Å². The average molecular weight is 526 g/mol. The molecule has 1 heterocycles. The van der Waals surface area contributed by atoms with E-state index in [4.69, 9.17) is 11.6 Å². The van der Waals surface area contributed by atoms with E-state index in [2.05, 4.69) is 53.5 Å². The lowest BCUT2D eigenvalue weighted by molar-refractivity contribution is -0.143. The molecule has 36 heavy (non-hydrogen) atoms. The number of thioether (sulfide) groups is 1. The maximum absolute atomic E-state index is 12.6. The first-order valence-electron chi connectivity index (χ1n) is 11.2. The average Bonchev–Trinajstić information content (AvgIpc) is 3.25. The van der Waals surface area contributed by atoms with Crippen LogP contribution in [-0.2, 0) is 15.0 Å². The van der Waals surface area contributed by atoms with Gasteiger partial charge in [0.2, 0.25) is 11.1 Å². The summed E-state index contributed by atoms with van der Waals surface area (Å²) < 4.78 is 1.52. The number of rotatable bonds is 6. The van der Waals surface area contributed by atoms with E-state index in [9.17, 15) is 14.7 Å². The van der Waals surface area contributed by atoms with E-state index in [1.165, 1.54) is 16.4 Å². The number of carbonyl (C=O) groups is 2. The SMILES string of the molecule is Cc1cc(C#CC(C)(C)C(=O)O)ccc1NC(=O)CSc1nnnn1-c1ccc(C(C)(C)C)cc1Cl. The highest BCUT2D eigenvalue weighted by Gasteiger charge is 2.24. The van der Waals surface area contributed by atoms with Crippen LogP contribution in [0, 0.1) is 24.2 Å². The Hall–Kier alpha value is -3.35. The number of aliphatic carboxylic acids is 1. The van der Waals surface area contributed by atoms with Gasteiger partial charge in [-0.3, -0.25) is 9.59 Å². The van der Waals surface area contributed by atoms with Crippen molar-refractivity contribution in [3.8, 4) is 17.5 Å². The Balaban J connectivity index is 1.67. The van der Waals surface area contributed by atoms with Gasteiger partial charge in [0.25, 0.3) is 0 Å². The van der Waals surface area contributed by atoms with E-state index < -0.39 is 11.4 Å². The number of nitrogens with one attached hydrogen (secondary N) is 1. The second kappa shape index (κ2) is 10.7. The molecule has 0 atom stereocenters. The molecule has 0 aliphatic rings. The van der Waals surface area contributed by atoms with Crippen LogP contribution in [0.3, 0.4) is 0 Å². The lowest BCUT2D eigenvalue weighted by Gasteiger charge is -2.20. The summed E-state index contributed by atoms with van der Waals surface area (Å²) in [7, 11) is 0. The van der Waals surface area contributed by atoms with Crippen LogP contribution in [0.1, 0.15) is 51.3 Å². The number of nitrogens with zero attached hydrogens (tertiary/aromatic N) is 4. The van der Waals surface area contributed by atoms with Crippen molar-refractivity contribution in [2.24, 2.45) is 5.41 Å². The lowest BCUT2D eigenvalue weighted by atomic mass is 9.87. The van der Waals surface area contributed by atoms with Crippen LogP contribution < -0.4 is 5.32 Å². The van der Waals surface area contributed by atoms with E-state index in [-0.39, 0.29) is 17.1 Å². The number of benzene rings is 2. The summed E-state index contributed by atoms with van der Waals surface area (Å²) in [6.45, 7) is 11.3. The molecule has 3 aromatic rings. The molecule has 8 nitrogen and oxygen atoms in total. The molecular weight excluding hydrogens is 498 g/mol. The maximum Gasteiger partial charge on any atom is 0.321 e. The second-order valence-corrected chi connectivity index (χ2v) is 11.2. The number of carboxylic acids is 1. The zero-order valence-electron chi connectivity index (χ0n) is 21.0. The number of aryl methyl sites for hydroxylation is 1. The number of hydrogen-bond acceptors (Lipinski definition) is 6. The van der Waals surface area contributed by atoms with Gasteiger partial charge in [-0.2, -0.15) is 4.68 Å². The van der Waals surface area contributed by atoms with Crippen LogP contribution in [-0.4, -0.2) is 42.9 Å². The molecule has 0 saturated heterocycles. The molecule has 1 amide bonds. The molecule has 0 fully saturated rings. The largest absolute Gasteiger partial charge is 0.480 e. The Bertz CT molecular complexity index is 1370. The smallest absolute Gasteiger partial charge is 0.321 e. The molecule has 2 aromatic carbocycles. The Morgan fingerprint density at radius 2 is 1.86 bits per heavy atom. The molecule has 10 heteroatoms. The Morgan fingerprint density at radius 3 is 2.47 bits per heavy atom. The van der Waals surface area contributed by atoms with Gasteiger partial charge in [-0.1, -0.05) is 62.0 Å². The van der Waals surface area contributed by atoms with E-state index in [0.29, 0.717) is 27.1 Å². The molecule has 0 radical (unpaired) electrons. The molecule has 1 aromatic heterocycles. The first-order valence-corrected chi connectivity index (χ1v) is 12.5. The Kier molecular flexibility index (Phi) is 8.12. The minimum absolute atomic E-state index is 0.0452. The molecule has 0 aliphatic heterocycles. The Morgan fingerprint density at radius 1 is 1.14 bits per heavy atom. The summed E-state index contributed by atoms with van der Waals surface area (Å²) in [6.07, 6.45) is 0. The molecule has 2 N–H and O–H groups in total. The predicted molar refractivity (Wildman–Crippen MR) is 142 cm³/mol. The second-order valence-electron chi connectivity index (χ2n) is 9.84. The minimum atomic E-state index is -1.15. The van der Waals surface area contributed by atoms with Gasteiger partial charge in [-0.15, -0.1) is 5.10 Å². The van der Waals surface area contributed by atoms with Gasteiger partial charge in [0.05, 0.1) is 16.5 Å². The van der Waals surface area contributed by atoms with Crippen LogP contribution >= 0.6 is 23.4 Å². The zero-order valence-corrected chi connectivity index (χ0v) is 22.6. The molecule has 0 unspecified atom stereocenters.